The van der Waals surface area contributed by atoms with E-state index in [1.807, 2.05) is 18.7 Å². The fraction of sp³-hybridized carbons (Fsp3) is 0.529. The summed E-state index contributed by atoms with van der Waals surface area (Å²) in [5, 5.41) is 0. The van der Waals surface area contributed by atoms with Crippen LogP contribution in [-0.2, 0) is 14.3 Å². The molecule has 0 spiro atoms. The fourth-order valence-electron chi connectivity index (χ4n) is 2.70. The number of nitrogens with zero attached hydrogens (tertiary/aromatic N) is 1. The third-order valence-corrected chi connectivity index (χ3v) is 4.13. The van der Waals surface area contributed by atoms with E-state index in [9.17, 15) is 9.59 Å². The van der Waals surface area contributed by atoms with Gasteiger partial charge < -0.3 is 14.2 Å². The summed E-state index contributed by atoms with van der Waals surface area (Å²) < 4.78 is 15.9. The molecular formula is C17H23NO5. The molecule has 0 amide bonds. The minimum Gasteiger partial charge on any atom is -0.478 e. The van der Waals surface area contributed by atoms with Crippen LogP contribution in [0.4, 0.5) is 0 Å². The van der Waals surface area contributed by atoms with Crippen molar-refractivity contribution in [3.05, 3.63) is 28.8 Å². The van der Waals surface area contributed by atoms with E-state index in [-0.39, 0.29) is 18.2 Å². The summed E-state index contributed by atoms with van der Waals surface area (Å²) in [6.07, 6.45) is 1.58. The maximum Gasteiger partial charge on any atom is 0.338 e. The van der Waals surface area contributed by atoms with Gasteiger partial charge >= 0.3 is 11.9 Å². The Balaban J connectivity index is 2.05. The van der Waals surface area contributed by atoms with Crippen LogP contribution >= 0.6 is 0 Å². The van der Waals surface area contributed by atoms with E-state index >= 15 is 0 Å². The molecule has 1 aliphatic heterocycles. The molecule has 23 heavy (non-hydrogen) atoms. The van der Waals surface area contributed by atoms with Gasteiger partial charge in [-0.15, -0.1) is 0 Å². The van der Waals surface area contributed by atoms with Crippen molar-refractivity contribution < 1.29 is 23.8 Å². The first-order chi connectivity index (χ1) is 10.9. The summed E-state index contributed by atoms with van der Waals surface area (Å²) in [4.78, 5) is 24.8. The van der Waals surface area contributed by atoms with Crippen molar-refractivity contribution in [1.29, 1.82) is 0 Å². The maximum atomic E-state index is 11.7. The van der Waals surface area contributed by atoms with Crippen LogP contribution in [0.1, 0.15) is 41.3 Å². The van der Waals surface area contributed by atoms with Gasteiger partial charge in [-0.3, -0.25) is 4.79 Å². The van der Waals surface area contributed by atoms with Gasteiger partial charge in [0, 0.05) is 13.5 Å². The molecule has 1 aromatic carbocycles. The Hall–Kier alpha value is -2.08. The van der Waals surface area contributed by atoms with Gasteiger partial charge in [0.15, 0.2) is 6.23 Å². The molecule has 0 N–H and O–H groups in total. The van der Waals surface area contributed by atoms with Crippen LogP contribution in [0, 0.1) is 13.8 Å². The third kappa shape index (κ3) is 4.01. The average Bonchev–Trinajstić information content (AvgIpc) is 2.94. The fourth-order valence-corrected chi connectivity index (χ4v) is 2.70. The first-order valence-electron chi connectivity index (χ1n) is 7.66. The van der Waals surface area contributed by atoms with Crippen LogP contribution in [0.25, 0.3) is 0 Å². The maximum absolute atomic E-state index is 11.7. The molecule has 1 aliphatic rings. The number of esters is 2. The monoisotopic (exact) mass is 321 g/mol. The van der Waals surface area contributed by atoms with Crippen LogP contribution in [0.5, 0.6) is 5.75 Å². The molecule has 0 radical (unpaired) electrons. The minimum atomic E-state index is -0.355. The van der Waals surface area contributed by atoms with Gasteiger partial charge in [0.1, 0.15) is 12.5 Å². The van der Waals surface area contributed by atoms with E-state index in [0.717, 1.165) is 30.5 Å². The Morgan fingerprint density at radius 2 is 2.00 bits per heavy atom. The SMILES string of the molecule is COC(=O)c1ccc(OCN2CCC[C@@H]2OC(C)=O)c(C)c1C. The van der Waals surface area contributed by atoms with Crippen LogP contribution in [0.15, 0.2) is 12.1 Å². The van der Waals surface area contributed by atoms with Gasteiger partial charge in [-0.2, -0.15) is 0 Å². The zero-order chi connectivity index (χ0) is 17.0. The van der Waals surface area contributed by atoms with Gasteiger partial charge in [0.25, 0.3) is 0 Å². The summed E-state index contributed by atoms with van der Waals surface area (Å²) in [6.45, 7) is 6.36. The lowest BCUT2D eigenvalue weighted by Crippen LogP contribution is -2.36. The molecule has 0 bridgehead atoms. The number of ether oxygens (including phenoxy) is 3. The number of rotatable bonds is 5. The van der Waals surface area contributed by atoms with E-state index in [2.05, 4.69) is 0 Å². The van der Waals surface area contributed by atoms with Crippen LogP contribution in [0.2, 0.25) is 0 Å². The summed E-state index contributed by atoms with van der Waals surface area (Å²) in [5.41, 5.74) is 2.28. The van der Waals surface area contributed by atoms with Crippen molar-refractivity contribution in [2.24, 2.45) is 0 Å². The van der Waals surface area contributed by atoms with Crippen molar-refractivity contribution in [2.45, 2.75) is 39.8 Å². The van der Waals surface area contributed by atoms with E-state index < -0.39 is 0 Å². The predicted octanol–water partition coefficient (Wildman–Crippen LogP) is 2.41. The minimum absolute atomic E-state index is 0.219. The molecule has 126 valence electrons. The highest BCUT2D eigenvalue weighted by Crippen LogP contribution is 2.26. The van der Waals surface area contributed by atoms with Gasteiger partial charge in [-0.25, -0.2) is 9.69 Å². The number of hydrogen-bond acceptors (Lipinski definition) is 6. The number of methoxy groups -OCH3 is 1. The molecule has 0 aromatic heterocycles. The highest BCUT2D eigenvalue weighted by Gasteiger charge is 2.27. The van der Waals surface area contributed by atoms with Crippen LogP contribution in [-0.4, -0.2) is 43.5 Å². The van der Waals surface area contributed by atoms with Crippen molar-refractivity contribution in [3.63, 3.8) is 0 Å². The summed E-state index contributed by atoms with van der Waals surface area (Å²) >= 11 is 0. The molecule has 1 aromatic rings. The van der Waals surface area contributed by atoms with Crippen LogP contribution < -0.4 is 4.74 Å². The Kier molecular flexibility index (Phi) is 5.60. The van der Waals surface area contributed by atoms with Crippen molar-refractivity contribution in [2.75, 3.05) is 20.4 Å². The molecule has 1 fully saturated rings. The van der Waals surface area contributed by atoms with E-state index in [1.165, 1.54) is 14.0 Å². The van der Waals surface area contributed by atoms with E-state index in [4.69, 9.17) is 14.2 Å². The lowest BCUT2D eigenvalue weighted by atomic mass is 10.0. The molecule has 0 aliphatic carbocycles. The molecule has 0 saturated carbocycles. The van der Waals surface area contributed by atoms with E-state index in [1.54, 1.807) is 12.1 Å². The number of carbonyl (C=O) groups excluding carboxylic acids is 2. The second kappa shape index (κ2) is 7.46. The average molecular weight is 321 g/mol. The Bertz CT molecular complexity index is 599. The molecule has 0 unspecified atom stereocenters. The number of benzene rings is 1. The zero-order valence-electron chi connectivity index (χ0n) is 14.0. The first-order valence-corrected chi connectivity index (χ1v) is 7.66. The van der Waals surface area contributed by atoms with Crippen molar-refractivity contribution in [1.82, 2.24) is 4.90 Å². The summed E-state index contributed by atoms with van der Waals surface area (Å²) in [7, 11) is 1.37. The number of likely N-dealkylation sites (tertiary alicyclic amines) is 1. The normalized spacial score (nSPS) is 17.8. The highest BCUT2D eigenvalue weighted by atomic mass is 16.6. The Morgan fingerprint density at radius 3 is 2.65 bits per heavy atom. The second-order valence-corrected chi connectivity index (χ2v) is 5.64. The predicted molar refractivity (Wildman–Crippen MR) is 84.2 cm³/mol. The van der Waals surface area contributed by atoms with Gasteiger partial charge in [-0.05, 0) is 49.9 Å². The number of carbonyl (C=O) groups is 2. The molecule has 6 nitrogen and oxygen atoms in total. The quantitative estimate of drug-likeness (QED) is 0.776. The Morgan fingerprint density at radius 1 is 1.26 bits per heavy atom. The highest BCUT2D eigenvalue weighted by molar-refractivity contribution is 5.91. The molecule has 2 rings (SSSR count). The lowest BCUT2D eigenvalue weighted by Gasteiger charge is -2.24. The molecule has 1 atom stereocenters. The first kappa shape index (κ1) is 17.3. The smallest absolute Gasteiger partial charge is 0.338 e. The molecule has 1 saturated heterocycles. The summed E-state index contributed by atoms with van der Waals surface area (Å²) in [5.74, 6) is 0.0756. The molecular weight excluding hydrogens is 298 g/mol. The Labute approximate surface area is 136 Å². The zero-order valence-corrected chi connectivity index (χ0v) is 14.0. The topological polar surface area (TPSA) is 65.1 Å². The van der Waals surface area contributed by atoms with Crippen molar-refractivity contribution >= 4 is 11.9 Å². The third-order valence-electron chi connectivity index (χ3n) is 4.13. The van der Waals surface area contributed by atoms with Gasteiger partial charge in [0.05, 0.1) is 12.7 Å². The second-order valence-electron chi connectivity index (χ2n) is 5.64. The number of hydrogen-bond donors (Lipinski definition) is 0. The van der Waals surface area contributed by atoms with Gasteiger partial charge in [0.2, 0.25) is 0 Å². The molecule has 6 heteroatoms. The standard InChI is InChI=1S/C17H23NO5/c1-11-12(2)15(8-7-14(11)17(20)21-4)22-10-18-9-5-6-16(18)23-13(3)19/h7-8,16H,5-6,9-10H2,1-4H3/t16-/m0/s1. The van der Waals surface area contributed by atoms with Crippen LogP contribution in [0.3, 0.4) is 0 Å². The van der Waals surface area contributed by atoms with Crippen molar-refractivity contribution in [3.8, 4) is 5.75 Å². The summed E-state index contributed by atoms with van der Waals surface area (Å²) in [6, 6.07) is 3.47. The molecule has 1 heterocycles. The lowest BCUT2D eigenvalue weighted by molar-refractivity contribution is -0.156. The van der Waals surface area contributed by atoms with Gasteiger partial charge in [-0.1, -0.05) is 0 Å². The van der Waals surface area contributed by atoms with E-state index in [0.29, 0.717) is 18.0 Å². The largest absolute Gasteiger partial charge is 0.478 e.